The molecule has 13 heavy (non-hydrogen) atoms. The van der Waals surface area contributed by atoms with E-state index in [0.717, 1.165) is 43.9 Å². The molecule has 1 saturated heterocycles. The average molecular weight is 249 g/mol. The van der Waals surface area contributed by atoms with E-state index >= 15 is 0 Å². The van der Waals surface area contributed by atoms with Crippen LogP contribution in [0, 0.1) is 0 Å². The van der Waals surface area contributed by atoms with Crippen LogP contribution in [0.3, 0.4) is 0 Å². The summed E-state index contributed by atoms with van der Waals surface area (Å²) in [6, 6.07) is 0. The molecule has 0 aliphatic carbocycles. The summed E-state index contributed by atoms with van der Waals surface area (Å²) in [5, 5.41) is 3.86. The van der Waals surface area contributed by atoms with Crippen LogP contribution in [0.5, 0.6) is 0 Å². The van der Waals surface area contributed by atoms with Gasteiger partial charge >= 0.3 is 0 Å². The highest BCUT2D eigenvalue weighted by molar-refractivity contribution is 9.18. The maximum absolute atomic E-state index is 5.26. The molecule has 0 saturated carbocycles. The third-order valence-electron chi connectivity index (χ3n) is 2.26. The molecule has 0 aromatic rings. The molecule has 0 spiro atoms. The first-order valence-corrected chi connectivity index (χ1v) is 5.32. The van der Waals surface area contributed by atoms with Gasteiger partial charge in [-0.1, -0.05) is 5.16 Å². The smallest absolute Gasteiger partial charge is 0.146 e. The lowest BCUT2D eigenvalue weighted by Gasteiger charge is -2.27. The van der Waals surface area contributed by atoms with Crippen LogP contribution in [-0.2, 0) is 9.57 Å². The van der Waals surface area contributed by atoms with E-state index in [1.165, 1.54) is 0 Å². The highest BCUT2D eigenvalue weighted by Crippen LogP contribution is 2.15. The van der Waals surface area contributed by atoms with Crippen molar-refractivity contribution in [3.63, 3.8) is 0 Å². The standard InChI is InChI=1S/C8H13BrN2O2/c9-8-5-7(13-10-8)6-11-1-3-12-4-2-11/h7H,1-6H2/t7-/m0/s1. The fraction of sp³-hybridized carbons (Fsp3) is 0.875. The Labute approximate surface area is 86.0 Å². The number of nitrogens with zero attached hydrogens (tertiary/aromatic N) is 2. The molecule has 1 atom stereocenters. The Hall–Kier alpha value is -0.130. The third-order valence-corrected chi connectivity index (χ3v) is 2.73. The van der Waals surface area contributed by atoms with Gasteiger partial charge in [0.05, 0.1) is 13.2 Å². The minimum Gasteiger partial charge on any atom is -0.390 e. The molecular weight excluding hydrogens is 236 g/mol. The Balaban J connectivity index is 1.72. The van der Waals surface area contributed by atoms with E-state index in [0.29, 0.717) is 0 Å². The van der Waals surface area contributed by atoms with E-state index in [4.69, 9.17) is 9.57 Å². The highest BCUT2D eigenvalue weighted by Gasteiger charge is 2.23. The molecule has 0 bridgehead atoms. The Morgan fingerprint density at radius 1 is 1.46 bits per heavy atom. The number of oxime groups is 1. The monoisotopic (exact) mass is 248 g/mol. The van der Waals surface area contributed by atoms with Crippen molar-refractivity contribution < 1.29 is 9.57 Å². The molecule has 2 aliphatic heterocycles. The lowest BCUT2D eigenvalue weighted by atomic mass is 10.2. The lowest BCUT2D eigenvalue weighted by Crippen LogP contribution is -2.40. The van der Waals surface area contributed by atoms with Crippen LogP contribution in [0.2, 0.25) is 0 Å². The Morgan fingerprint density at radius 3 is 2.85 bits per heavy atom. The SMILES string of the molecule is BrC1=NO[C@H](CN2CCOCC2)C1. The molecule has 2 aliphatic rings. The van der Waals surface area contributed by atoms with Crippen molar-refractivity contribution >= 4 is 20.6 Å². The molecule has 4 nitrogen and oxygen atoms in total. The van der Waals surface area contributed by atoms with Gasteiger partial charge in [0.2, 0.25) is 0 Å². The molecule has 0 amide bonds. The predicted octanol–water partition coefficient (Wildman–Crippen LogP) is 0.816. The van der Waals surface area contributed by atoms with Crippen LogP contribution in [0.4, 0.5) is 0 Å². The van der Waals surface area contributed by atoms with Gasteiger partial charge in [0.15, 0.2) is 0 Å². The Kier molecular flexibility index (Phi) is 3.18. The lowest BCUT2D eigenvalue weighted by molar-refractivity contribution is -0.0000373. The first-order chi connectivity index (χ1) is 6.34. The first kappa shape index (κ1) is 9.43. The van der Waals surface area contributed by atoms with E-state index in [9.17, 15) is 0 Å². The van der Waals surface area contributed by atoms with Gasteiger partial charge in [-0.25, -0.2) is 0 Å². The molecule has 1 fully saturated rings. The normalized spacial score (nSPS) is 29.9. The van der Waals surface area contributed by atoms with Gasteiger partial charge in [-0.05, 0) is 15.9 Å². The molecular formula is C8H13BrN2O2. The second-order valence-electron chi connectivity index (χ2n) is 3.31. The maximum atomic E-state index is 5.26. The summed E-state index contributed by atoms with van der Waals surface area (Å²) in [4.78, 5) is 7.58. The van der Waals surface area contributed by atoms with Gasteiger partial charge in [0.25, 0.3) is 0 Å². The van der Waals surface area contributed by atoms with Gasteiger partial charge in [-0.2, -0.15) is 0 Å². The number of hydrogen-bond donors (Lipinski definition) is 0. The van der Waals surface area contributed by atoms with Gasteiger partial charge in [0.1, 0.15) is 10.7 Å². The summed E-state index contributed by atoms with van der Waals surface area (Å²) in [5.74, 6) is 0. The van der Waals surface area contributed by atoms with Crippen molar-refractivity contribution in [2.45, 2.75) is 12.5 Å². The molecule has 2 heterocycles. The van der Waals surface area contributed by atoms with Crippen LogP contribution in [0.1, 0.15) is 6.42 Å². The van der Waals surface area contributed by atoms with Crippen LogP contribution in [-0.4, -0.2) is 48.5 Å². The fourth-order valence-electron chi connectivity index (χ4n) is 1.56. The number of halogens is 1. The van der Waals surface area contributed by atoms with E-state index in [1.54, 1.807) is 0 Å². The average Bonchev–Trinajstić information content (AvgIpc) is 2.53. The third kappa shape index (κ3) is 2.65. The zero-order chi connectivity index (χ0) is 9.10. The van der Waals surface area contributed by atoms with Crippen LogP contribution >= 0.6 is 15.9 Å². The minimum absolute atomic E-state index is 0.229. The van der Waals surface area contributed by atoms with E-state index < -0.39 is 0 Å². The highest BCUT2D eigenvalue weighted by atomic mass is 79.9. The molecule has 0 aromatic carbocycles. The van der Waals surface area contributed by atoms with Crippen molar-refractivity contribution in [1.82, 2.24) is 4.90 Å². The van der Waals surface area contributed by atoms with Gasteiger partial charge in [-0.3, -0.25) is 4.90 Å². The zero-order valence-corrected chi connectivity index (χ0v) is 8.99. The van der Waals surface area contributed by atoms with Crippen molar-refractivity contribution in [3.05, 3.63) is 0 Å². The first-order valence-electron chi connectivity index (χ1n) is 4.53. The number of hydrogen-bond acceptors (Lipinski definition) is 4. The molecule has 74 valence electrons. The molecule has 0 aromatic heterocycles. The second-order valence-corrected chi connectivity index (χ2v) is 4.23. The summed E-state index contributed by atoms with van der Waals surface area (Å²) in [7, 11) is 0. The summed E-state index contributed by atoms with van der Waals surface area (Å²) < 4.78 is 6.19. The van der Waals surface area contributed by atoms with Crippen LogP contribution < -0.4 is 0 Å². The molecule has 0 radical (unpaired) electrons. The van der Waals surface area contributed by atoms with Crippen molar-refractivity contribution in [2.24, 2.45) is 5.16 Å². The summed E-state index contributed by atoms with van der Waals surface area (Å²) in [6.45, 7) is 4.67. The zero-order valence-electron chi connectivity index (χ0n) is 7.41. The summed E-state index contributed by atoms with van der Waals surface area (Å²) >= 11 is 3.33. The predicted molar refractivity (Wildman–Crippen MR) is 53.1 cm³/mol. The fourth-order valence-corrected chi connectivity index (χ4v) is 2.01. The minimum atomic E-state index is 0.229. The Morgan fingerprint density at radius 2 is 2.23 bits per heavy atom. The van der Waals surface area contributed by atoms with Gasteiger partial charge < -0.3 is 9.57 Å². The number of morpholine rings is 1. The topological polar surface area (TPSA) is 34.1 Å². The van der Waals surface area contributed by atoms with Gasteiger partial charge in [-0.15, -0.1) is 0 Å². The molecule has 0 N–H and O–H groups in total. The van der Waals surface area contributed by atoms with E-state index in [-0.39, 0.29) is 6.10 Å². The number of ether oxygens (including phenoxy) is 1. The van der Waals surface area contributed by atoms with Crippen molar-refractivity contribution in [3.8, 4) is 0 Å². The maximum Gasteiger partial charge on any atom is 0.146 e. The van der Waals surface area contributed by atoms with Crippen molar-refractivity contribution in [1.29, 1.82) is 0 Å². The summed E-state index contributed by atoms with van der Waals surface area (Å²) in [5.41, 5.74) is 0. The van der Waals surface area contributed by atoms with E-state index in [2.05, 4.69) is 26.0 Å². The van der Waals surface area contributed by atoms with Gasteiger partial charge in [0, 0.05) is 26.1 Å². The van der Waals surface area contributed by atoms with E-state index in [1.807, 2.05) is 0 Å². The second kappa shape index (κ2) is 4.39. The van der Waals surface area contributed by atoms with Crippen molar-refractivity contribution in [2.75, 3.05) is 32.8 Å². The number of rotatable bonds is 2. The Bertz CT molecular complexity index is 204. The molecule has 2 rings (SSSR count). The largest absolute Gasteiger partial charge is 0.390 e. The molecule has 0 unspecified atom stereocenters. The van der Waals surface area contributed by atoms with Crippen LogP contribution in [0.25, 0.3) is 0 Å². The quantitative estimate of drug-likeness (QED) is 0.726. The summed E-state index contributed by atoms with van der Waals surface area (Å²) in [6.07, 6.45) is 1.13. The molecule has 5 heteroatoms. The van der Waals surface area contributed by atoms with Crippen LogP contribution in [0.15, 0.2) is 5.16 Å².